The first-order valence-electron chi connectivity index (χ1n) is 13.3. The first kappa shape index (κ1) is 26.8. The number of rotatable bonds is 9. The summed E-state index contributed by atoms with van der Waals surface area (Å²) in [5.74, 6) is 0.259. The smallest absolute Gasteiger partial charge is 0.266 e. The van der Waals surface area contributed by atoms with E-state index >= 15 is 0 Å². The van der Waals surface area contributed by atoms with Gasteiger partial charge in [-0.15, -0.1) is 0 Å². The minimum atomic E-state index is -0.566. The highest BCUT2D eigenvalue weighted by Crippen LogP contribution is 2.30. The number of halogens is 1. The van der Waals surface area contributed by atoms with Gasteiger partial charge in [0.1, 0.15) is 17.4 Å². The van der Waals surface area contributed by atoms with Crippen LogP contribution in [0.1, 0.15) is 41.1 Å². The second-order valence-corrected chi connectivity index (χ2v) is 9.46. The van der Waals surface area contributed by atoms with Crippen molar-refractivity contribution < 1.29 is 13.9 Å². The molecule has 0 fully saturated rings. The van der Waals surface area contributed by atoms with Crippen LogP contribution in [0.4, 0.5) is 4.39 Å². The number of carbonyl (C=O) groups is 1. The lowest BCUT2D eigenvalue weighted by atomic mass is 10.1. The van der Waals surface area contributed by atoms with Crippen molar-refractivity contribution in [2.75, 3.05) is 13.7 Å². The molecular weight excluding hydrogens is 505 g/mol. The van der Waals surface area contributed by atoms with E-state index in [1.165, 1.54) is 24.3 Å². The molecule has 1 amide bonds. The van der Waals surface area contributed by atoms with Crippen molar-refractivity contribution in [3.63, 3.8) is 0 Å². The molecule has 4 aromatic carbocycles. The molecule has 1 atom stereocenters. The van der Waals surface area contributed by atoms with Crippen LogP contribution in [-0.2, 0) is 6.42 Å². The Balaban J connectivity index is 1.70. The molecule has 0 saturated carbocycles. The zero-order chi connectivity index (χ0) is 28.1. The summed E-state index contributed by atoms with van der Waals surface area (Å²) in [4.78, 5) is 34.8. The number of hydrogen-bond donors (Lipinski definition) is 0. The second-order valence-electron chi connectivity index (χ2n) is 9.46. The quantitative estimate of drug-likeness (QED) is 0.220. The van der Waals surface area contributed by atoms with Crippen LogP contribution in [0.2, 0.25) is 0 Å². The van der Waals surface area contributed by atoms with Crippen molar-refractivity contribution in [2.24, 2.45) is 0 Å². The number of amides is 1. The van der Waals surface area contributed by atoms with Gasteiger partial charge in [0, 0.05) is 12.1 Å². The molecule has 1 unspecified atom stereocenters. The summed E-state index contributed by atoms with van der Waals surface area (Å²) in [5.41, 5.74) is 2.27. The number of para-hydroxylation sites is 3. The summed E-state index contributed by atoms with van der Waals surface area (Å²) in [6.45, 7) is 2.33. The maximum atomic E-state index is 14.0. The van der Waals surface area contributed by atoms with E-state index in [0.717, 1.165) is 5.56 Å². The van der Waals surface area contributed by atoms with Gasteiger partial charge in [-0.2, -0.15) is 0 Å². The number of hydrogen-bond acceptors (Lipinski definition) is 4. The van der Waals surface area contributed by atoms with Gasteiger partial charge >= 0.3 is 0 Å². The molecule has 5 aromatic rings. The molecule has 0 bridgehead atoms. The standard InChI is InChI=1S/C33H30FN3O3/c1-3-28(36(22-21-23-11-5-4-6-12-23)32(38)24-17-19-25(34)20-18-24)31-35-27-14-8-7-13-26(27)33(39)37(31)29-15-9-10-16-30(29)40-2/h4-20,28H,3,21-22H2,1-2H3. The van der Waals surface area contributed by atoms with Crippen molar-refractivity contribution in [2.45, 2.75) is 25.8 Å². The fourth-order valence-corrected chi connectivity index (χ4v) is 5.01. The number of carbonyl (C=O) groups excluding carboxylic acids is 1. The van der Waals surface area contributed by atoms with Gasteiger partial charge in [-0.1, -0.05) is 61.5 Å². The molecule has 0 spiro atoms. The number of nitrogens with zero attached hydrogens (tertiary/aromatic N) is 3. The molecule has 0 radical (unpaired) electrons. The minimum Gasteiger partial charge on any atom is -0.495 e. The molecule has 0 aliphatic rings. The summed E-state index contributed by atoms with van der Waals surface area (Å²) in [7, 11) is 1.56. The van der Waals surface area contributed by atoms with E-state index in [4.69, 9.17) is 9.72 Å². The Kier molecular flexibility index (Phi) is 8.01. The number of methoxy groups -OCH3 is 1. The molecule has 1 aromatic heterocycles. The lowest BCUT2D eigenvalue weighted by Crippen LogP contribution is -2.39. The van der Waals surface area contributed by atoms with Crippen LogP contribution >= 0.6 is 0 Å². The summed E-state index contributed by atoms with van der Waals surface area (Å²) >= 11 is 0. The number of ether oxygens (including phenoxy) is 1. The molecule has 0 aliphatic carbocycles. The summed E-state index contributed by atoms with van der Waals surface area (Å²) in [6.07, 6.45) is 1.08. The van der Waals surface area contributed by atoms with Gasteiger partial charge in [0.2, 0.25) is 0 Å². The maximum absolute atomic E-state index is 14.0. The Morgan fingerprint density at radius 3 is 2.33 bits per heavy atom. The van der Waals surface area contributed by atoms with Gasteiger partial charge in [0.05, 0.1) is 29.7 Å². The SMILES string of the molecule is CCC(c1nc2ccccc2c(=O)n1-c1ccccc1OC)N(CCc1ccccc1)C(=O)c1ccc(F)cc1. The van der Waals surface area contributed by atoms with Crippen LogP contribution in [0.15, 0.2) is 108 Å². The number of fused-ring (bicyclic) bond motifs is 1. The second kappa shape index (κ2) is 11.9. The highest BCUT2D eigenvalue weighted by atomic mass is 19.1. The van der Waals surface area contributed by atoms with Gasteiger partial charge < -0.3 is 9.64 Å². The molecule has 0 aliphatic heterocycles. The minimum absolute atomic E-state index is 0.249. The molecule has 40 heavy (non-hydrogen) atoms. The van der Waals surface area contributed by atoms with Gasteiger partial charge in [-0.25, -0.2) is 9.37 Å². The van der Waals surface area contributed by atoms with Gasteiger partial charge in [-0.05, 0) is 66.9 Å². The first-order chi connectivity index (χ1) is 19.5. The first-order valence-corrected chi connectivity index (χ1v) is 13.3. The number of aromatic nitrogens is 2. The summed E-state index contributed by atoms with van der Waals surface area (Å²) in [5, 5.41) is 0.465. The van der Waals surface area contributed by atoms with Crippen LogP contribution in [-0.4, -0.2) is 34.0 Å². The molecule has 0 N–H and O–H groups in total. The predicted molar refractivity (Wildman–Crippen MR) is 155 cm³/mol. The molecule has 0 saturated heterocycles. The summed E-state index contributed by atoms with van der Waals surface area (Å²) < 4.78 is 20.9. The Bertz CT molecular complexity index is 1680. The molecule has 1 heterocycles. The Morgan fingerprint density at radius 1 is 0.925 bits per heavy atom. The average Bonchev–Trinajstić information content (AvgIpc) is 3.00. The molecular formula is C33H30FN3O3. The van der Waals surface area contributed by atoms with Crippen molar-refractivity contribution in [1.82, 2.24) is 14.5 Å². The van der Waals surface area contributed by atoms with Crippen molar-refractivity contribution in [1.29, 1.82) is 0 Å². The summed E-state index contributed by atoms with van der Waals surface area (Å²) in [6, 6.07) is 29.3. The fourth-order valence-electron chi connectivity index (χ4n) is 5.01. The van der Waals surface area contributed by atoms with Crippen LogP contribution in [0.5, 0.6) is 5.75 Å². The highest BCUT2D eigenvalue weighted by molar-refractivity contribution is 5.94. The topological polar surface area (TPSA) is 64.4 Å². The van der Waals surface area contributed by atoms with Crippen LogP contribution in [0.3, 0.4) is 0 Å². The third-order valence-electron chi connectivity index (χ3n) is 7.02. The van der Waals surface area contributed by atoms with E-state index in [1.54, 1.807) is 40.8 Å². The van der Waals surface area contributed by atoms with Crippen LogP contribution < -0.4 is 10.3 Å². The molecule has 6 nitrogen and oxygen atoms in total. The normalized spacial score (nSPS) is 11.8. The predicted octanol–water partition coefficient (Wildman–Crippen LogP) is 6.37. The van der Waals surface area contributed by atoms with E-state index in [9.17, 15) is 14.0 Å². The molecule has 202 valence electrons. The van der Waals surface area contributed by atoms with Crippen LogP contribution in [0, 0.1) is 5.82 Å². The van der Waals surface area contributed by atoms with E-state index < -0.39 is 11.9 Å². The molecule has 7 heteroatoms. The van der Waals surface area contributed by atoms with Crippen molar-refractivity contribution in [3.8, 4) is 11.4 Å². The highest BCUT2D eigenvalue weighted by Gasteiger charge is 2.30. The van der Waals surface area contributed by atoms with Gasteiger partial charge in [0.25, 0.3) is 11.5 Å². The van der Waals surface area contributed by atoms with Crippen molar-refractivity contribution >= 4 is 16.8 Å². The monoisotopic (exact) mass is 535 g/mol. The Hall–Kier alpha value is -4.78. The van der Waals surface area contributed by atoms with Crippen molar-refractivity contribution in [3.05, 3.63) is 136 Å². The zero-order valence-electron chi connectivity index (χ0n) is 22.5. The lowest BCUT2D eigenvalue weighted by molar-refractivity contribution is 0.0661. The number of benzene rings is 4. The third-order valence-corrected chi connectivity index (χ3v) is 7.02. The third kappa shape index (κ3) is 5.36. The van der Waals surface area contributed by atoms with E-state index in [2.05, 4.69) is 0 Å². The average molecular weight is 536 g/mol. The van der Waals surface area contributed by atoms with E-state index in [1.807, 2.05) is 61.5 Å². The van der Waals surface area contributed by atoms with Gasteiger partial charge in [0.15, 0.2) is 0 Å². The fraction of sp³-hybridized carbons (Fsp3) is 0.182. The molecule has 5 rings (SSSR count). The zero-order valence-corrected chi connectivity index (χ0v) is 22.5. The Labute approximate surface area is 232 Å². The van der Waals surface area contributed by atoms with E-state index in [0.29, 0.717) is 53.1 Å². The van der Waals surface area contributed by atoms with Crippen LogP contribution in [0.25, 0.3) is 16.6 Å². The lowest BCUT2D eigenvalue weighted by Gasteiger charge is -2.33. The largest absolute Gasteiger partial charge is 0.495 e. The van der Waals surface area contributed by atoms with E-state index in [-0.39, 0.29) is 11.5 Å². The Morgan fingerprint density at radius 2 is 1.60 bits per heavy atom. The maximum Gasteiger partial charge on any atom is 0.266 e. The van der Waals surface area contributed by atoms with Gasteiger partial charge in [-0.3, -0.25) is 14.2 Å².